The minimum atomic E-state index is -0.404. The van der Waals surface area contributed by atoms with Gasteiger partial charge in [-0.15, -0.1) is 0 Å². The second-order valence-corrected chi connectivity index (χ2v) is 5.26. The Bertz CT molecular complexity index is 299. The summed E-state index contributed by atoms with van der Waals surface area (Å²) in [6.45, 7) is 9.40. The lowest BCUT2D eigenvalue weighted by Crippen LogP contribution is -2.15. The smallest absolute Gasteiger partial charge is 0.0961 e. The van der Waals surface area contributed by atoms with Crippen LogP contribution in [0, 0.1) is 5.41 Å². The van der Waals surface area contributed by atoms with Gasteiger partial charge < -0.3 is 5.11 Å². The molecule has 1 rings (SSSR count). The highest BCUT2D eigenvalue weighted by molar-refractivity contribution is 5.05. The Kier molecular flexibility index (Phi) is 3.91. The van der Waals surface area contributed by atoms with E-state index in [1.807, 2.05) is 10.7 Å². The molecule has 0 aliphatic carbocycles. The monoisotopic (exact) mass is 210 g/mol. The van der Waals surface area contributed by atoms with Crippen molar-refractivity contribution >= 4 is 0 Å². The Morgan fingerprint density at radius 1 is 1.47 bits per heavy atom. The Labute approximate surface area is 92.1 Å². The summed E-state index contributed by atoms with van der Waals surface area (Å²) in [7, 11) is 0. The predicted octanol–water partition coefficient (Wildman–Crippen LogP) is 2.76. The van der Waals surface area contributed by atoms with E-state index in [1.165, 1.54) is 0 Å². The fraction of sp³-hybridized carbons (Fsp3) is 0.750. The molecule has 0 saturated heterocycles. The van der Waals surface area contributed by atoms with Crippen LogP contribution in [0.2, 0.25) is 0 Å². The van der Waals surface area contributed by atoms with E-state index in [-0.39, 0.29) is 5.41 Å². The highest BCUT2D eigenvalue weighted by atomic mass is 16.3. The van der Waals surface area contributed by atoms with E-state index in [9.17, 15) is 5.11 Å². The van der Waals surface area contributed by atoms with Gasteiger partial charge >= 0.3 is 0 Å². The zero-order chi connectivity index (χ0) is 11.5. The largest absolute Gasteiger partial charge is 0.387 e. The van der Waals surface area contributed by atoms with Crippen molar-refractivity contribution in [2.45, 2.75) is 53.2 Å². The molecule has 1 atom stereocenters. The van der Waals surface area contributed by atoms with Gasteiger partial charge in [0.2, 0.25) is 0 Å². The molecule has 0 aliphatic rings. The van der Waals surface area contributed by atoms with Gasteiger partial charge in [0.25, 0.3) is 0 Å². The summed E-state index contributed by atoms with van der Waals surface area (Å²) in [4.78, 5) is 0. The normalized spacial score (nSPS) is 14.2. The van der Waals surface area contributed by atoms with Crippen molar-refractivity contribution in [2.75, 3.05) is 0 Å². The van der Waals surface area contributed by atoms with Gasteiger partial charge in [-0.2, -0.15) is 5.10 Å². The van der Waals surface area contributed by atoms with Crippen LogP contribution in [0.5, 0.6) is 0 Å². The molecule has 0 bridgehead atoms. The maximum Gasteiger partial charge on any atom is 0.0961 e. The second-order valence-electron chi connectivity index (χ2n) is 5.26. The average molecular weight is 210 g/mol. The minimum Gasteiger partial charge on any atom is -0.387 e. The van der Waals surface area contributed by atoms with Gasteiger partial charge in [0, 0.05) is 12.7 Å². The quantitative estimate of drug-likeness (QED) is 0.829. The van der Waals surface area contributed by atoms with Crippen LogP contribution in [-0.4, -0.2) is 14.9 Å². The zero-order valence-corrected chi connectivity index (χ0v) is 10.2. The summed E-state index contributed by atoms with van der Waals surface area (Å²) in [5.74, 6) is 0. The molecule has 0 aromatic carbocycles. The molecule has 1 aromatic heterocycles. The van der Waals surface area contributed by atoms with Crippen molar-refractivity contribution in [1.82, 2.24) is 9.78 Å². The summed E-state index contributed by atoms with van der Waals surface area (Å²) >= 11 is 0. The highest BCUT2D eigenvalue weighted by Crippen LogP contribution is 2.28. The lowest BCUT2D eigenvalue weighted by atomic mass is 9.88. The third-order valence-electron chi connectivity index (χ3n) is 2.33. The first kappa shape index (κ1) is 12.2. The summed E-state index contributed by atoms with van der Waals surface area (Å²) in [6, 6.07) is 1.91. The predicted molar refractivity (Wildman–Crippen MR) is 61.5 cm³/mol. The van der Waals surface area contributed by atoms with Crippen LogP contribution >= 0.6 is 0 Å². The van der Waals surface area contributed by atoms with E-state index < -0.39 is 6.10 Å². The topological polar surface area (TPSA) is 38.0 Å². The van der Waals surface area contributed by atoms with Crippen LogP contribution < -0.4 is 0 Å². The summed E-state index contributed by atoms with van der Waals surface area (Å²) in [5.41, 5.74) is 1.08. The number of hydrogen-bond donors (Lipinski definition) is 1. The van der Waals surface area contributed by atoms with Gasteiger partial charge in [0.15, 0.2) is 0 Å². The van der Waals surface area contributed by atoms with Crippen molar-refractivity contribution in [3.8, 4) is 0 Å². The minimum absolute atomic E-state index is 0.140. The molecule has 1 N–H and O–H groups in total. The van der Waals surface area contributed by atoms with Crippen LogP contribution in [-0.2, 0) is 6.54 Å². The maximum atomic E-state index is 10.1. The third kappa shape index (κ3) is 3.67. The Balaban J connectivity index is 2.72. The van der Waals surface area contributed by atoms with Crippen LogP contribution in [0.1, 0.15) is 52.3 Å². The molecule has 0 radical (unpaired) electrons. The number of aliphatic hydroxyl groups excluding tert-OH is 1. The van der Waals surface area contributed by atoms with E-state index >= 15 is 0 Å². The van der Waals surface area contributed by atoms with Crippen LogP contribution in [0.25, 0.3) is 0 Å². The van der Waals surface area contributed by atoms with E-state index in [4.69, 9.17) is 0 Å². The number of aromatic nitrogens is 2. The maximum absolute atomic E-state index is 10.1. The Hall–Kier alpha value is -0.830. The van der Waals surface area contributed by atoms with Crippen molar-refractivity contribution in [2.24, 2.45) is 5.41 Å². The summed E-state index contributed by atoms with van der Waals surface area (Å²) in [5, 5.41) is 14.3. The number of rotatable bonds is 4. The molecule has 1 aromatic rings. The molecule has 0 saturated carbocycles. The van der Waals surface area contributed by atoms with E-state index in [2.05, 4.69) is 32.8 Å². The highest BCUT2D eigenvalue weighted by Gasteiger charge is 2.20. The van der Waals surface area contributed by atoms with Gasteiger partial charge in [0.1, 0.15) is 0 Å². The molecule has 0 aliphatic heterocycles. The molecule has 3 heteroatoms. The Morgan fingerprint density at radius 3 is 2.67 bits per heavy atom. The molecular formula is C12H22N2O. The van der Waals surface area contributed by atoms with Gasteiger partial charge in [-0.1, -0.05) is 27.7 Å². The van der Waals surface area contributed by atoms with Gasteiger partial charge in [-0.05, 0) is 24.3 Å². The van der Waals surface area contributed by atoms with Crippen LogP contribution in [0.4, 0.5) is 0 Å². The van der Waals surface area contributed by atoms with Crippen molar-refractivity contribution in [3.63, 3.8) is 0 Å². The molecular weight excluding hydrogens is 188 g/mol. The first-order valence-electron chi connectivity index (χ1n) is 5.64. The molecule has 3 nitrogen and oxygen atoms in total. The van der Waals surface area contributed by atoms with Gasteiger partial charge in [0.05, 0.1) is 11.8 Å². The van der Waals surface area contributed by atoms with E-state index in [0.717, 1.165) is 25.1 Å². The van der Waals surface area contributed by atoms with Crippen molar-refractivity contribution < 1.29 is 5.11 Å². The number of aryl methyl sites for hydroxylation is 1. The number of nitrogens with zero attached hydrogens (tertiary/aromatic N) is 2. The third-order valence-corrected chi connectivity index (χ3v) is 2.33. The number of hydrogen-bond acceptors (Lipinski definition) is 2. The summed E-state index contributed by atoms with van der Waals surface area (Å²) in [6.07, 6.45) is 3.16. The van der Waals surface area contributed by atoms with Crippen molar-refractivity contribution in [3.05, 3.63) is 18.0 Å². The zero-order valence-electron chi connectivity index (χ0n) is 10.2. The SMILES string of the molecule is CCCn1nccc1C(O)CC(C)(C)C. The first-order valence-corrected chi connectivity index (χ1v) is 5.64. The molecule has 1 heterocycles. The second kappa shape index (κ2) is 4.79. The molecule has 86 valence electrons. The van der Waals surface area contributed by atoms with Crippen LogP contribution in [0.3, 0.4) is 0 Å². The standard InChI is InChI=1S/C12H22N2O/c1-5-8-14-10(6-7-13-14)11(15)9-12(2,3)4/h6-7,11,15H,5,8-9H2,1-4H3. The fourth-order valence-corrected chi connectivity index (χ4v) is 1.71. The summed E-state index contributed by atoms with van der Waals surface area (Å²) < 4.78 is 1.90. The van der Waals surface area contributed by atoms with E-state index in [0.29, 0.717) is 0 Å². The Morgan fingerprint density at radius 2 is 2.13 bits per heavy atom. The van der Waals surface area contributed by atoms with Gasteiger partial charge in [-0.3, -0.25) is 4.68 Å². The van der Waals surface area contributed by atoms with E-state index in [1.54, 1.807) is 6.20 Å². The lowest BCUT2D eigenvalue weighted by Gasteiger charge is -2.22. The molecule has 15 heavy (non-hydrogen) atoms. The average Bonchev–Trinajstić information content (AvgIpc) is 2.49. The van der Waals surface area contributed by atoms with Crippen molar-refractivity contribution in [1.29, 1.82) is 0 Å². The molecule has 0 spiro atoms. The molecule has 0 amide bonds. The van der Waals surface area contributed by atoms with Gasteiger partial charge in [-0.25, -0.2) is 0 Å². The molecule has 0 fully saturated rings. The first-order chi connectivity index (χ1) is 6.94. The fourth-order valence-electron chi connectivity index (χ4n) is 1.71. The lowest BCUT2D eigenvalue weighted by molar-refractivity contribution is 0.113. The van der Waals surface area contributed by atoms with Crippen LogP contribution in [0.15, 0.2) is 12.3 Å². The molecule has 1 unspecified atom stereocenters. The number of aliphatic hydroxyl groups is 1.